The lowest BCUT2D eigenvalue weighted by Crippen LogP contribution is -2.60. The van der Waals surface area contributed by atoms with Gasteiger partial charge in [-0.05, 0) is 105 Å². The number of hydrogen-bond donors (Lipinski definition) is 16. The number of nitrogens with two attached hydrogens (primary N) is 2. The minimum absolute atomic E-state index is 0.0266. The number of phenolic OH excluding ortho intramolecular Hbond substituents is 1. The van der Waals surface area contributed by atoms with E-state index in [1.54, 1.807) is 78.9 Å². The zero-order valence-corrected chi connectivity index (χ0v) is 54.8. The van der Waals surface area contributed by atoms with Crippen LogP contribution in [0, 0.1) is 0 Å². The number of carbonyl (C=O) groups excluding carboxylic acids is 13. The molecule has 1 unspecified atom stereocenters. The fourth-order valence-corrected chi connectivity index (χ4v) is 11.1. The maximum Gasteiger partial charge on any atom is 0.252 e. The van der Waals surface area contributed by atoms with Crippen molar-refractivity contribution in [1.82, 2.24) is 73.8 Å². The number of aromatic hydroxyl groups is 1. The summed E-state index contributed by atoms with van der Waals surface area (Å²) in [6, 6.07) is 20.6. The second-order valence-corrected chi connectivity index (χ2v) is 24.2. The molecule has 4 bridgehead atoms. The Morgan fingerprint density at radius 3 is 1.61 bits per heavy atom. The maximum atomic E-state index is 15.0. The fourth-order valence-electron chi connectivity index (χ4n) is 11.1. The van der Waals surface area contributed by atoms with Crippen LogP contribution in [0.25, 0.3) is 0 Å². The molecule has 526 valence electrons. The van der Waals surface area contributed by atoms with E-state index >= 15 is 0 Å². The lowest BCUT2D eigenvalue weighted by molar-refractivity contribution is -0.135. The third kappa shape index (κ3) is 22.1. The number of carbonyl (C=O) groups is 13. The van der Waals surface area contributed by atoms with Crippen LogP contribution in [-0.4, -0.2) is 166 Å². The molecule has 9 atom stereocenters. The van der Waals surface area contributed by atoms with E-state index in [0.29, 0.717) is 29.5 Å². The summed E-state index contributed by atoms with van der Waals surface area (Å²) in [4.78, 5) is 194. The van der Waals surface area contributed by atoms with E-state index in [0.717, 1.165) is 18.2 Å². The first kappa shape index (κ1) is 74.0. The number of amides is 13. The number of fused-ring (bicyclic) bond motifs is 8. The normalized spacial score (nSPS) is 22.6. The first-order chi connectivity index (χ1) is 48.1. The number of H-pyrrole nitrogens is 1. The third-order valence-electron chi connectivity index (χ3n) is 16.6. The molecule has 2 aliphatic heterocycles. The standard InChI is InChI=1S/C70H82N16O14/c1-40-60(90)80-51-22-12-14-28-74-61(91)45-32-46(34-47(33-45)63(93)86-58(44-19-9-4-10-20-44)70(100)84-53(67(97)78-40)30-42-17-7-3-8-18-42)62(92)75-37-56(59(72)89)85-69(99)55(35-48-36-73-39-77-48)83-65(95)50(21-11-13-27-71)79-57(88)38-76-64(94)52(29-41-15-5-2-6-16-41)81-68(98)54(82-66(51)96)31-43-23-25-49(87)26-24-43/h2-10,15-20,23-26,32-34,36,39-40,50-56,58,87H,11-14,21-22,27-31,35,37-38,71H2,1H3,(H2,72,89)(H,73,77)(H,74,91)(H,75,92)(H,76,94)(H,78,97)(H,79,88)(H,80,90)(H,81,98)(H,82,96)(H,83,95)(H,84,100)(H,85,99)(H,86,93)/t40-,50-,51?,52-,53+,54+,55+,56+,58+/m1/s1. The number of benzene rings is 5. The fraction of sp³-hybridized carbons (Fsp3) is 0.343. The largest absolute Gasteiger partial charge is 0.508 e. The molecule has 0 aliphatic carbocycles. The van der Waals surface area contributed by atoms with Crippen LogP contribution in [-0.2, 0) is 73.6 Å². The Balaban J connectivity index is 1.22. The van der Waals surface area contributed by atoms with Crippen LogP contribution < -0.4 is 75.3 Å². The summed E-state index contributed by atoms with van der Waals surface area (Å²) in [6.07, 6.45) is 2.62. The molecule has 30 nitrogen and oxygen atoms in total. The zero-order chi connectivity index (χ0) is 71.7. The van der Waals surface area contributed by atoms with Gasteiger partial charge in [-0.15, -0.1) is 0 Å². The first-order valence-electron chi connectivity index (χ1n) is 32.7. The molecule has 30 heteroatoms. The summed E-state index contributed by atoms with van der Waals surface area (Å²) in [6.45, 7) is -0.0133. The Labute approximate surface area is 575 Å². The highest BCUT2D eigenvalue weighted by atomic mass is 16.3. The van der Waals surface area contributed by atoms with Crippen LogP contribution >= 0.6 is 0 Å². The van der Waals surface area contributed by atoms with Crippen LogP contribution in [0.2, 0.25) is 0 Å². The first-order valence-corrected chi connectivity index (χ1v) is 32.7. The van der Waals surface area contributed by atoms with Gasteiger partial charge >= 0.3 is 0 Å². The number of nitrogens with one attached hydrogen (secondary N) is 13. The Hall–Kier alpha value is -11.8. The molecule has 5 aromatic carbocycles. The molecule has 13 amide bonds. The van der Waals surface area contributed by atoms with Crippen molar-refractivity contribution in [1.29, 1.82) is 0 Å². The van der Waals surface area contributed by atoms with Crippen molar-refractivity contribution in [3.05, 3.63) is 191 Å². The second-order valence-electron chi connectivity index (χ2n) is 24.2. The summed E-state index contributed by atoms with van der Waals surface area (Å²) < 4.78 is 0. The van der Waals surface area contributed by atoms with Gasteiger partial charge in [0, 0.05) is 61.7 Å². The van der Waals surface area contributed by atoms with Gasteiger partial charge < -0.3 is 85.4 Å². The number of unbranched alkanes of at least 4 members (excludes halogenated alkanes) is 1. The molecule has 2 aliphatic rings. The van der Waals surface area contributed by atoms with Crippen LogP contribution in [0.1, 0.15) is 111 Å². The number of rotatable bonds is 14. The van der Waals surface area contributed by atoms with Crippen LogP contribution in [0.15, 0.2) is 146 Å². The number of nitrogens with zero attached hydrogens (tertiary/aromatic N) is 1. The number of phenols is 1. The van der Waals surface area contributed by atoms with E-state index in [-0.39, 0.29) is 98.2 Å². The highest BCUT2D eigenvalue weighted by molar-refractivity contribution is 6.06. The van der Waals surface area contributed by atoms with Gasteiger partial charge in [0.1, 0.15) is 60.1 Å². The van der Waals surface area contributed by atoms with E-state index in [1.807, 2.05) is 0 Å². The monoisotopic (exact) mass is 1370 g/mol. The SMILES string of the molecule is C[C@H]1NC(=O)[C@H](Cc2ccccc2)NC(=O)[C@H](c2ccccc2)NC(=O)c2cc3cc(c2)C(=O)NC[C@@H](C(N)=O)NC(=O)[C@H](Cc2c[nH]cn2)NC(=O)[C@@H](CCCCN)NC(=O)CNC(=O)[C@@H](Cc2ccccc2)NC(=O)[C@H](Cc2ccc(O)cc2)NC(=O)C(CCCCNC3=O)NC1=O. The number of aromatic nitrogens is 2. The van der Waals surface area contributed by atoms with E-state index < -0.39 is 144 Å². The molecular weight excluding hydrogens is 1290 g/mol. The number of hydrogen-bond acceptors (Lipinski definition) is 16. The predicted octanol–water partition coefficient (Wildman–Crippen LogP) is -1.16. The minimum Gasteiger partial charge on any atom is -0.508 e. The number of imidazole rings is 1. The summed E-state index contributed by atoms with van der Waals surface area (Å²) in [7, 11) is 0. The average Bonchev–Trinajstić information content (AvgIpc) is 1.10. The molecule has 6 aromatic rings. The summed E-state index contributed by atoms with van der Waals surface area (Å²) in [5, 5.41) is 41.9. The highest BCUT2D eigenvalue weighted by Gasteiger charge is 2.36. The van der Waals surface area contributed by atoms with Gasteiger partial charge in [-0.3, -0.25) is 62.3 Å². The van der Waals surface area contributed by atoms with E-state index in [1.165, 1.54) is 55.8 Å². The second kappa shape index (κ2) is 36.5. The van der Waals surface area contributed by atoms with Crippen LogP contribution in [0.4, 0.5) is 0 Å². The molecule has 0 spiro atoms. The Bertz CT molecular complexity index is 3880. The third-order valence-corrected chi connectivity index (χ3v) is 16.6. The van der Waals surface area contributed by atoms with Gasteiger partial charge in [0.15, 0.2) is 0 Å². The van der Waals surface area contributed by atoms with Gasteiger partial charge in [0.2, 0.25) is 59.1 Å². The van der Waals surface area contributed by atoms with Crippen LogP contribution in [0.3, 0.4) is 0 Å². The molecule has 8 rings (SSSR count). The molecule has 1 aromatic heterocycles. The highest BCUT2D eigenvalue weighted by Crippen LogP contribution is 2.20. The maximum absolute atomic E-state index is 15.0. The van der Waals surface area contributed by atoms with Gasteiger partial charge in [0.05, 0.1) is 18.6 Å². The van der Waals surface area contributed by atoms with E-state index in [4.69, 9.17) is 11.5 Å². The van der Waals surface area contributed by atoms with Gasteiger partial charge in [0.25, 0.3) is 17.7 Å². The minimum atomic E-state index is -1.69. The topological polar surface area (TPSA) is 467 Å². The lowest BCUT2D eigenvalue weighted by atomic mass is 10.0. The molecule has 0 saturated carbocycles. The van der Waals surface area contributed by atoms with E-state index in [9.17, 15) is 67.4 Å². The Morgan fingerprint density at radius 1 is 0.500 bits per heavy atom. The molecule has 100 heavy (non-hydrogen) atoms. The Kier molecular flexibility index (Phi) is 27.0. The average molecular weight is 1370 g/mol. The Morgan fingerprint density at radius 2 is 1.02 bits per heavy atom. The van der Waals surface area contributed by atoms with Crippen molar-refractivity contribution >= 4 is 76.8 Å². The van der Waals surface area contributed by atoms with Gasteiger partial charge in [-0.25, -0.2) is 4.98 Å². The molecule has 0 saturated heterocycles. The van der Waals surface area contributed by atoms with Crippen molar-refractivity contribution in [2.75, 3.05) is 26.2 Å². The number of aromatic amines is 1. The van der Waals surface area contributed by atoms with Crippen molar-refractivity contribution in [2.24, 2.45) is 11.5 Å². The van der Waals surface area contributed by atoms with Gasteiger partial charge in [-0.2, -0.15) is 0 Å². The zero-order valence-electron chi connectivity index (χ0n) is 54.8. The summed E-state index contributed by atoms with van der Waals surface area (Å²) in [5.41, 5.74) is 12.8. The lowest BCUT2D eigenvalue weighted by Gasteiger charge is -2.27. The smallest absolute Gasteiger partial charge is 0.252 e. The quantitative estimate of drug-likeness (QED) is 0.0572. The predicted molar refractivity (Wildman–Crippen MR) is 362 cm³/mol. The van der Waals surface area contributed by atoms with E-state index in [2.05, 4.69) is 73.8 Å². The van der Waals surface area contributed by atoms with Crippen molar-refractivity contribution < 1.29 is 67.4 Å². The van der Waals surface area contributed by atoms with Crippen molar-refractivity contribution in [2.45, 2.75) is 126 Å². The molecule has 0 fully saturated rings. The molecule has 0 radical (unpaired) electrons. The van der Waals surface area contributed by atoms with Crippen LogP contribution in [0.5, 0.6) is 5.75 Å². The van der Waals surface area contributed by atoms with Gasteiger partial charge in [-0.1, -0.05) is 103 Å². The number of primary amides is 1. The molecule has 3 heterocycles. The molecular formula is C70H82N16O14. The van der Waals surface area contributed by atoms with Crippen molar-refractivity contribution in [3.8, 4) is 5.75 Å². The summed E-state index contributed by atoms with van der Waals surface area (Å²) in [5.74, 6) is -12.2. The summed E-state index contributed by atoms with van der Waals surface area (Å²) >= 11 is 0. The van der Waals surface area contributed by atoms with Crippen molar-refractivity contribution in [3.63, 3.8) is 0 Å². The molecule has 18 N–H and O–H groups in total.